The molecule has 0 saturated heterocycles. The maximum Gasteiger partial charge on any atom is 0.192 e. The Balaban J connectivity index is 2.32. The van der Waals surface area contributed by atoms with Crippen molar-refractivity contribution in [3.05, 3.63) is 30.1 Å². The topological polar surface area (TPSA) is 66.9 Å². The fraction of sp³-hybridized carbons (Fsp3) is 0.231. The number of aryl methyl sites for hydroxylation is 1. The maximum atomic E-state index is 8.94. The Kier molecular flexibility index (Phi) is 2.84. The standard InChI is InChI=1S/C13H11N5S/c1-8(7-14)19-13-16-11-6-4-3-5-10(11)12-15-9(2)17-18(12)13/h3-6,8H,1-2H3. The first-order valence-corrected chi connectivity index (χ1v) is 6.75. The van der Waals surface area contributed by atoms with Crippen molar-refractivity contribution in [1.82, 2.24) is 19.6 Å². The van der Waals surface area contributed by atoms with Gasteiger partial charge in [-0.25, -0.2) is 9.97 Å². The van der Waals surface area contributed by atoms with E-state index in [1.165, 1.54) is 11.8 Å². The molecule has 0 spiro atoms. The summed E-state index contributed by atoms with van der Waals surface area (Å²) in [6, 6.07) is 10.0. The number of nitrogens with zero attached hydrogens (tertiary/aromatic N) is 5. The average molecular weight is 269 g/mol. The molecule has 0 saturated carbocycles. The molecular weight excluding hydrogens is 258 g/mol. The number of hydrogen-bond donors (Lipinski definition) is 0. The van der Waals surface area contributed by atoms with Gasteiger partial charge in [-0.1, -0.05) is 23.9 Å². The summed E-state index contributed by atoms with van der Waals surface area (Å²) in [5.74, 6) is 0.699. The van der Waals surface area contributed by atoms with Crippen LogP contribution in [-0.4, -0.2) is 24.8 Å². The van der Waals surface area contributed by atoms with E-state index in [1.807, 2.05) is 38.1 Å². The zero-order chi connectivity index (χ0) is 13.4. The largest absolute Gasteiger partial charge is 0.222 e. The summed E-state index contributed by atoms with van der Waals surface area (Å²) in [4.78, 5) is 9.03. The van der Waals surface area contributed by atoms with Crippen LogP contribution >= 0.6 is 11.8 Å². The Morgan fingerprint density at radius 3 is 2.89 bits per heavy atom. The number of nitriles is 1. The highest BCUT2D eigenvalue weighted by Crippen LogP contribution is 2.26. The van der Waals surface area contributed by atoms with Gasteiger partial charge in [0.1, 0.15) is 5.82 Å². The second-order valence-electron chi connectivity index (χ2n) is 4.20. The summed E-state index contributed by atoms with van der Waals surface area (Å²) in [5.41, 5.74) is 1.66. The van der Waals surface area contributed by atoms with Crippen LogP contribution in [0, 0.1) is 18.3 Å². The molecule has 2 heterocycles. The first kappa shape index (κ1) is 11.9. The van der Waals surface area contributed by atoms with Crippen LogP contribution in [0.1, 0.15) is 12.7 Å². The lowest BCUT2D eigenvalue weighted by atomic mass is 10.2. The van der Waals surface area contributed by atoms with Crippen LogP contribution in [0.4, 0.5) is 0 Å². The summed E-state index contributed by atoms with van der Waals surface area (Å²) < 4.78 is 1.72. The molecule has 1 atom stereocenters. The summed E-state index contributed by atoms with van der Waals surface area (Å²) in [6.45, 7) is 3.70. The van der Waals surface area contributed by atoms with Gasteiger partial charge < -0.3 is 0 Å². The van der Waals surface area contributed by atoms with E-state index in [1.54, 1.807) is 4.52 Å². The maximum absolute atomic E-state index is 8.94. The van der Waals surface area contributed by atoms with E-state index in [2.05, 4.69) is 21.1 Å². The smallest absolute Gasteiger partial charge is 0.192 e. The highest BCUT2D eigenvalue weighted by Gasteiger charge is 2.14. The van der Waals surface area contributed by atoms with Crippen LogP contribution < -0.4 is 0 Å². The molecule has 1 unspecified atom stereocenters. The van der Waals surface area contributed by atoms with Crippen molar-refractivity contribution in [2.75, 3.05) is 0 Å². The van der Waals surface area contributed by atoms with Crippen LogP contribution in [-0.2, 0) is 0 Å². The number of benzene rings is 1. The Morgan fingerprint density at radius 2 is 2.11 bits per heavy atom. The molecule has 3 aromatic rings. The van der Waals surface area contributed by atoms with Gasteiger partial charge in [-0.15, -0.1) is 5.10 Å². The zero-order valence-electron chi connectivity index (χ0n) is 10.5. The molecule has 0 N–H and O–H groups in total. The van der Waals surface area contributed by atoms with Gasteiger partial charge in [0, 0.05) is 5.39 Å². The van der Waals surface area contributed by atoms with Crippen LogP contribution in [0.25, 0.3) is 16.6 Å². The summed E-state index contributed by atoms with van der Waals surface area (Å²) in [5, 5.41) is 14.8. The quantitative estimate of drug-likeness (QED) is 0.528. The Morgan fingerprint density at radius 1 is 1.32 bits per heavy atom. The van der Waals surface area contributed by atoms with E-state index >= 15 is 0 Å². The lowest BCUT2D eigenvalue weighted by molar-refractivity contribution is 0.795. The summed E-state index contributed by atoms with van der Waals surface area (Å²) in [6.07, 6.45) is 0. The number of rotatable bonds is 2. The van der Waals surface area contributed by atoms with Crippen molar-refractivity contribution < 1.29 is 0 Å². The van der Waals surface area contributed by atoms with Crippen LogP contribution in [0.2, 0.25) is 0 Å². The second kappa shape index (κ2) is 4.52. The van der Waals surface area contributed by atoms with Crippen LogP contribution in [0.3, 0.4) is 0 Å². The molecule has 6 heteroatoms. The predicted molar refractivity (Wildman–Crippen MR) is 74.0 cm³/mol. The molecule has 0 fully saturated rings. The van der Waals surface area contributed by atoms with Gasteiger partial charge in [0.25, 0.3) is 0 Å². The van der Waals surface area contributed by atoms with Crippen molar-refractivity contribution in [3.8, 4) is 6.07 Å². The lowest BCUT2D eigenvalue weighted by Gasteiger charge is -2.06. The van der Waals surface area contributed by atoms with Gasteiger partial charge >= 0.3 is 0 Å². The van der Waals surface area contributed by atoms with E-state index in [-0.39, 0.29) is 5.25 Å². The number of thioether (sulfide) groups is 1. The second-order valence-corrected chi connectivity index (χ2v) is 5.50. The summed E-state index contributed by atoms with van der Waals surface area (Å²) >= 11 is 1.39. The third-order valence-electron chi connectivity index (χ3n) is 2.72. The Bertz CT molecular complexity index is 802. The van der Waals surface area contributed by atoms with E-state index < -0.39 is 0 Å². The molecule has 19 heavy (non-hydrogen) atoms. The molecule has 94 valence electrons. The van der Waals surface area contributed by atoms with Crippen molar-refractivity contribution in [2.24, 2.45) is 0 Å². The van der Waals surface area contributed by atoms with E-state index in [0.29, 0.717) is 11.0 Å². The van der Waals surface area contributed by atoms with E-state index in [4.69, 9.17) is 5.26 Å². The molecule has 0 bridgehead atoms. The molecule has 3 rings (SSSR count). The third kappa shape index (κ3) is 2.02. The molecule has 0 aliphatic rings. The third-order valence-corrected chi connectivity index (χ3v) is 3.65. The van der Waals surface area contributed by atoms with Gasteiger partial charge in [0.15, 0.2) is 10.8 Å². The highest BCUT2D eigenvalue weighted by atomic mass is 32.2. The number of para-hydroxylation sites is 1. The Labute approximate surface area is 114 Å². The fourth-order valence-electron chi connectivity index (χ4n) is 1.89. The van der Waals surface area contributed by atoms with E-state index in [9.17, 15) is 0 Å². The summed E-state index contributed by atoms with van der Waals surface area (Å²) in [7, 11) is 0. The first-order valence-electron chi connectivity index (χ1n) is 5.87. The Hall–Kier alpha value is -2.13. The minimum atomic E-state index is -0.179. The number of hydrogen-bond acceptors (Lipinski definition) is 5. The number of aromatic nitrogens is 4. The predicted octanol–water partition coefficient (Wildman–Crippen LogP) is 2.59. The van der Waals surface area contributed by atoms with Gasteiger partial charge in [0.2, 0.25) is 0 Å². The molecule has 1 aromatic carbocycles. The molecule has 0 aliphatic heterocycles. The SMILES string of the molecule is Cc1nc2c3ccccc3nc(SC(C)C#N)n2n1. The van der Waals surface area contributed by atoms with Crippen LogP contribution in [0.5, 0.6) is 0 Å². The highest BCUT2D eigenvalue weighted by molar-refractivity contribution is 8.00. The molecule has 0 amide bonds. The monoisotopic (exact) mass is 269 g/mol. The zero-order valence-corrected chi connectivity index (χ0v) is 11.3. The van der Waals surface area contributed by atoms with Gasteiger partial charge in [-0.2, -0.15) is 9.78 Å². The van der Waals surface area contributed by atoms with Crippen molar-refractivity contribution in [2.45, 2.75) is 24.3 Å². The normalized spacial score (nSPS) is 12.7. The van der Waals surface area contributed by atoms with Crippen molar-refractivity contribution in [1.29, 1.82) is 5.26 Å². The lowest BCUT2D eigenvalue weighted by Crippen LogP contribution is -2.01. The molecule has 5 nitrogen and oxygen atoms in total. The number of fused-ring (bicyclic) bond motifs is 3. The minimum Gasteiger partial charge on any atom is -0.222 e. The molecular formula is C13H11N5S. The van der Waals surface area contributed by atoms with Crippen LogP contribution in [0.15, 0.2) is 29.4 Å². The van der Waals surface area contributed by atoms with Gasteiger partial charge in [0.05, 0.1) is 16.8 Å². The minimum absolute atomic E-state index is 0.179. The molecule has 2 aromatic heterocycles. The molecule has 0 aliphatic carbocycles. The van der Waals surface area contributed by atoms with E-state index in [0.717, 1.165) is 16.6 Å². The fourth-order valence-corrected chi connectivity index (χ4v) is 2.64. The first-order chi connectivity index (χ1) is 9.19. The van der Waals surface area contributed by atoms with Crippen molar-refractivity contribution in [3.63, 3.8) is 0 Å². The average Bonchev–Trinajstić information content (AvgIpc) is 2.81. The van der Waals surface area contributed by atoms with Gasteiger partial charge in [-0.05, 0) is 26.0 Å². The molecule has 0 radical (unpaired) electrons. The van der Waals surface area contributed by atoms with Crippen molar-refractivity contribution >= 4 is 28.3 Å². The van der Waals surface area contributed by atoms with Gasteiger partial charge in [-0.3, -0.25) is 0 Å².